The molecule has 4 fully saturated rings. The van der Waals surface area contributed by atoms with Crippen LogP contribution in [0.25, 0.3) is 0 Å². The summed E-state index contributed by atoms with van der Waals surface area (Å²) in [6.07, 6.45) is -26.1. The lowest BCUT2D eigenvalue weighted by molar-refractivity contribution is -0.361. The van der Waals surface area contributed by atoms with Gasteiger partial charge in [-0.3, -0.25) is 14.4 Å². The van der Waals surface area contributed by atoms with Crippen molar-refractivity contribution in [2.24, 2.45) is 5.73 Å². The molecule has 2 unspecified atom stereocenters. The van der Waals surface area contributed by atoms with Crippen molar-refractivity contribution in [1.82, 2.24) is 16.0 Å². The number of aliphatic hydroxyl groups is 10. The highest BCUT2D eigenvalue weighted by Gasteiger charge is 2.56. The molecule has 24 nitrogen and oxygen atoms in total. The standard InChI is InChI=1S/C30H52N4O20/c1-8(39)32-16-21(44)24(12(5-36)48-27(16)47)53-29-18(34-10(3)41)23(46)26(14(7-38)51-29)54-30-17(33-9(2)40)22(45)25(13(6-37)50-30)52-28-15(31)20(43)19(42)11(4-35)49-28/h11-30,35-38,42-47H,4-7,31H2,1-3H3,(H,32,39)(H,33,40)(H,34,41)/t11-,12-,13-,14-,15-,16-,17-,18-,19-,20-,21?,22?,23-,24-,25-,26-,27-,28+,29+,30+/m1/s1. The van der Waals surface area contributed by atoms with Crippen molar-refractivity contribution in [2.75, 3.05) is 26.4 Å². The summed E-state index contributed by atoms with van der Waals surface area (Å²) >= 11 is 0. The molecule has 4 rings (SSSR count). The molecule has 312 valence electrons. The molecular weight excluding hydrogens is 736 g/mol. The van der Waals surface area contributed by atoms with Crippen LogP contribution in [0.1, 0.15) is 20.8 Å². The number of nitrogens with one attached hydrogen (secondary N) is 3. The highest BCUT2D eigenvalue weighted by molar-refractivity contribution is 5.74. The number of hydrogen-bond acceptors (Lipinski definition) is 21. The van der Waals surface area contributed by atoms with E-state index < -0.39 is 167 Å². The van der Waals surface area contributed by atoms with Gasteiger partial charge in [0.1, 0.15) is 91.4 Å². The van der Waals surface area contributed by atoms with Crippen molar-refractivity contribution in [3.05, 3.63) is 0 Å². The minimum atomic E-state index is -1.87. The predicted octanol–water partition coefficient (Wildman–Crippen LogP) is -9.35. The zero-order valence-electron chi connectivity index (χ0n) is 29.5. The maximum atomic E-state index is 12.3. The molecule has 4 aliphatic rings. The van der Waals surface area contributed by atoms with Gasteiger partial charge in [-0.05, 0) is 0 Å². The first-order valence-electron chi connectivity index (χ1n) is 17.1. The fraction of sp³-hybridized carbons (Fsp3) is 0.900. The van der Waals surface area contributed by atoms with Crippen molar-refractivity contribution in [3.8, 4) is 0 Å². The number of carbonyl (C=O) groups is 3. The van der Waals surface area contributed by atoms with Crippen molar-refractivity contribution < 1.29 is 98.6 Å². The van der Waals surface area contributed by atoms with Gasteiger partial charge in [0, 0.05) is 20.8 Å². The Kier molecular flexibility index (Phi) is 15.8. The molecule has 15 N–H and O–H groups in total. The summed E-state index contributed by atoms with van der Waals surface area (Å²) in [5, 5.41) is 112. The van der Waals surface area contributed by atoms with E-state index in [-0.39, 0.29) is 0 Å². The van der Waals surface area contributed by atoms with Gasteiger partial charge >= 0.3 is 0 Å². The van der Waals surface area contributed by atoms with E-state index in [4.69, 9.17) is 38.9 Å². The number of aliphatic hydroxyl groups excluding tert-OH is 10. The Morgan fingerprint density at radius 3 is 1.22 bits per heavy atom. The molecule has 0 aromatic heterocycles. The zero-order valence-corrected chi connectivity index (χ0v) is 29.5. The summed E-state index contributed by atoms with van der Waals surface area (Å²) < 4.78 is 40.3. The second-order valence-electron chi connectivity index (χ2n) is 13.4. The molecule has 0 aromatic carbocycles. The highest BCUT2D eigenvalue weighted by atomic mass is 16.8. The van der Waals surface area contributed by atoms with Gasteiger partial charge in [0.2, 0.25) is 17.7 Å². The zero-order chi connectivity index (χ0) is 40.2. The minimum absolute atomic E-state index is 0.655. The molecule has 0 spiro atoms. The summed E-state index contributed by atoms with van der Waals surface area (Å²) in [6, 6.07) is -6.00. The average Bonchev–Trinajstić information content (AvgIpc) is 3.12. The highest BCUT2D eigenvalue weighted by Crippen LogP contribution is 2.34. The Balaban J connectivity index is 1.59. The van der Waals surface area contributed by atoms with Crippen LogP contribution in [0.15, 0.2) is 0 Å². The third-order valence-corrected chi connectivity index (χ3v) is 9.49. The van der Waals surface area contributed by atoms with Crippen molar-refractivity contribution in [3.63, 3.8) is 0 Å². The topological polar surface area (TPSA) is 380 Å². The van der Waals surface area contributed by atoms with Crippen LogP contribution in [0, 0.1) is 0 Å². The van der Waals surface area contributed by atoms with Crippen LogP contribution in [-0.4, -0.2) is 218 Å². The normalized spacial score (nSPS) is 45.7. The number of rotatable bonds is 13. The molecule has 4 heterocycles. The largest absolute Gasteiger partial charge is 0.394 e. The fourth-order valence-electron chi connectivity index (χ4n) is 6.81. The molecular formula is C30H52N4O20. The van der Waals surface area contributed by atoms with E-state index in [0.717, 1.165) is 20.8 Å². The van der Waals surface area contributed by atoms with Crippen molar-refractivity contribution in [2.45, 2.75) is 143 Å². The van der Waals surface area contributed by atoms with E-state index in [1.165, 1.54) is 0 Å². The van der Waals surface area contributed by atoms with Crippen LogP contribution >= 0.6 is 0 Å². The van der Waals surface area contributed by atoms with E-state index in [0.29, 0.717) is 0 Å². The van der Waals surface area contributed by atoms with Crippen LogP contribution in [0.2, 0.25) is 0 Å². The molecule has 0 bridgehead atoms. The summed E-state index contributed by atoms with van der Waals surface area (Å²) in [5.74, 6) is -2.11. The van der Waals surface area contributed by atoms with E-state index >= 15 is 0 Å². The van der Waals surface area contributed by atoms with Gasteiger partial charge in [-0.25, -0.2) is 0 Å². The minimum Gasteiger partial charge on any atom is -0.394 e. The quantitative estimate of drug-likeness (QED) is 0.0824. The van der Waals surface area contributed by atoms with Gasteiger partial charge in [-0.15, -0.1) is 0 Å². The number of amides is 3. The van der Waals surface area contributed by atoms with Crippen LogP contribution in [0.4, 0.5) is 0 Å². The maximum absolute atomic E-state index is 12.3. The molecule has 0 aromatic rings. The van der Waals surface area contributed by atoms with E-state index in [1.54, 1.807) is 0 Å². The number of carbonyl (C=O) groups excluding carboxylic acids is 3. The fourth-order valence-corrected chi connectivity index (χ4v) is 6.81. The Morgan fingerprint density at radius 1 is 0.500 bits per heavy atom. The lowest BCUT2D eigenvalue weighted by Crippen LogP contribution is -2.71. The SMILES string of the molecule is CC(=O)N[C@H]1[C@H](O[C@H]2C(O)[C@@H](NC(C)=O)[C@H](O)O[C@@H]2CO)O[C@H](CO)[C@@H](O[C@@H]2O[C@H](CO)[C@@H](O[C@@H]3O[C@H](CO)[C@@H](O)[C@H](O)[C@H]3N)C(O)[C@H]2NC(C)=O)[C@@H]1O. The molecule has 0 aliphatic carbocycles. The molecule has 54 heavy (non-hydrogen) atoms. The summed E-state index contributed by atoms with van der Waals surface area (Å²) in [6.45, 7) is -0.0467. The average molecular weight is 789 g/mol. The molecule has 24 heteroatoms. The summed E-state index contributed by atoms with van der Waals surface area (Å²) in [5.41, 5.74) is 5.98. The lowest BCUT2D eigenvalue weighted by atomic mass is 9.93. The Morgan fingerprint density at radius 2 is 0.833 bits per heavy atom. The summed E-state index contributed by atoms with van der Waals surface area (Å²) in [7, 11) is 0. The number of nitrogens with two attached hydrogens (primary N) is 1. The van der Waals surface area contributed by atoms with Crippen molar-refractivity contribution >= 4 is 17.7 Å². The third kappa shape index (κ3) is 9.79. The molecule has 20 atom stereocenters. The Hall–Kier alpha value is -2.31. The Labute approximate surface area is 308 Å². The number of hydrogen-bond donors (Lipinski definition) is 14. The van der Waals surface area contributed by atoms with Gasteiger partial charge in [0.15, 0.2) is 25.2 Å². The Bertz CT molecular complexity index is 1260. The first-order chi connectivity index (χ1) is 25.5. The molecule has 0 saturated carbocycles. The molecule has 0 radical (unpaired) electrons. The predicted molar refractivity (Wildman–Crippen MR) is 171 cm³/mol. The molecule has 4 aliphatic heterocycles. The maximum Gasteiger partial charge on any atom is 0.217 e. The molecule has 4 saturated heterocycles. The van der Waals surface area contributed by atoms with E-state index in [2.05, 4.69) is 16.0 Å². The van der Waals surface area contributed by atoms with E-state index in [9.17, 15) is 65.4 Å². The van der Waals surface area contributed by atoms with Gasteiger partial charge in [-0.1, -0.05) is 0 Å². The third-order valence-electron chi connectivity index (χ3n) is 9.49. The molecule has 3 amide bonds. The summed E-state index contributed by atoms with van der Waals surface area (Å²) in [4.78, 5) is 36.3. The van der Waals surface area contributed by atoms with E-state index in [1.807, 2.05) is 0 Å². The van der Waals surface area contributed by atoms with Crippen molar-refractivity contribution in [1.29, 1.82) is 0 Å². The second kappa shape index (κ2) is 19.2. The first-order valence-corrected chi connectivity index (χ1v) is 17.1. The first kappa shape index (κ1) is 44.4. The van der Waals surface area contributed by atoms with Gasteiger partial charge < -0.3 is 106 Å². The van der Waals surface area contributed by atoms with Gasteiger partial charge in [0.05, 0.1) is 32.5 Å². The monoisotopic (exact) mass is 788 g/mol. The van der Waals surface area contributed by atoms with Crippen LogP contribution in [0.3, 0.4) is 0 Å². The second-order valence-corrected chi connectivity index (χ2v) is 13.4. The van der Waals surface area contributed by atoms with Crippen LogP contribution < -0.4 is 21.7 Å². The number of ether oxygens (including phenoxy) is 7. The van der Waals surface area contributed by atoms with Crippen LogP contribution in [0.5, 0.6) is 0 Å². The lowest BCUT2D eigenvalue weighted by Gasteiger charge is -2.50. The van der Waals surface area contributed by atoms with Gasteiger partial charge in [0.25, 0.3) is 0 Å². The van der Waals surface area contributed by atoms with Crippen LogP contribution in [-0.2, 0) is 47.5 Å². The van der Waals surface area contributed by atoms with Gasteiger partial charge in [-0.2, -0.15) is 0 Å². The smallest absolute Gasteiger partial charge is 0.217 e.